The van der Waals surface area contributed by atoms with E-state index in [9.17, 15) is 5.11 Å². The Morgan fingerprint density at radius 2 is 1.84 bits per heavy atom. The fourth-order valence-electron chi connectivity index (χ4n) is 3.16. The first-order valence-corrected chi connectivity index (χ1v) is 10.3. The van der Waals surface area contributed by atoms with Crippen LogP contribution in [-0.2, 0) is 6.42 Å². The van der Waals surface area contributed by atoms with Gasteiger partial charge >= 0.3 is 0 Å². The minimum Gasteiger partial charge on any atom is -0.490 e. The van der Waals surface area contributed by atoms with Gasteiger partial charge in [-0.05, 0) is 63.4 Å². The number of aliphatic hydroxyl groups excluding tert-OH is 2. The van der Waals surface area contributed by atoms with Crippen molar-refractivity contribution in [3.8, 4) is 34.5 Å². The van der Waals surface area contributed by atoms with Crippen molar-refractivity contribution >= 4 is 0 Å². The maximum atomic E-state index is 9.58. The average Bonchev–Trinajstić information content (AvgIpc) is 3.23. The van der Waals surface area contributed by atoms with Crippen molar-refractivity contribution in [3.05, 3.63) is 41.1 Å². The van der Waals surface area contributed by atoms with Crippen LogP contribution in [0, 0.1) is 13.8 Å². The Morgan fingerprint density at radius 1 is 1.10 bits per heavy atom. The quantitative estimate of drug-likeness (QED) is 0.534. The van der Waals surface area contributed by atoms with Crippen LogP contribution in [-0.4, -0.2) is 50.8 Å². The first-order valence-electron chi connectivity index (χ1n) is 10.3. The predicted molar refractivity (Wildman–Crippen MR) is 116 cm³/mol. The van der Waals surface area contributed by atoms with Crippen LogP contribution in [0.3, 0.4) is 0 Å². The molecule has 2 N–H and O–H groups in total. The summed E-state index contributed by atoms with van der Waals surface area (Å²) in [5.74, 6) is 2.13. The average molecular weight is 428 g/mol. The molecule has 166 valence electrons. The summed E-state index contributed by atoms with van der Waals surface area (Å²) >= 11 is 0. The van der Waals surface area contributed by atoms with E-state index in [1.165, 1.54) is 0 Å². The van der Waals surface area contributed by atoms with Crippen LogP contribution in [0.25, 0.3) is 22.8 Å². The highest BCUT2D eigenvalue weighted by molar-refractivity contribution is 5.64. The number of hydrogen-bond donors (Lipinski definition) is 2. The molecule has 8 heteroatoms. The number of aromatic nitrogens is 3. The van der Waals surface area contributed by atoms with Crippen molar-refractivity contribution < 1.29 is 24.2 Å². The van der Waals surface area contributed by atoms with E-state index in [0.717, 1.165) is 34.2 Å². The first kappa shape index (κ1) is 22.7. The molecule has 2 aromatic heterocycles. The molecule has 0 radical (unpaired) electrons. The molecule has 8 nitrogen and oxygen atoms in total. The second kappa shape index (κ2) is 9.89. The van der Waals surface area contributed by atoms with Gasteiger partial charge in [-0.25, -0.2) is 4.98 Å². The summed E-state index contributed by atoms with van der Waals surface area (Å²) in [7, 11) is 0. The van der Waals surface area contributed by atoms with Gasteiger partial charge in [0.25, 0.3) is 5.89 Å². The molecule has 0 spiro atoms. The molecule has 0 fully saturated rings. The third-order valence-corrected chi connectivity index (χ3v) is 4.67. The van der Waals surface area contributed by atoms with Crippen LogP contribution in [0.15, 0.2) is 28.9 Å². The Labute approximate surface area is 181 Å². The summed E-state index contributed by atoms with van der Waals surface area (Å²) in [6.07, 6.45) is 1.51. The summed E-state index contributed by atoms with van der Waals surface area (Å²) < 4.78 is 16.9. The zero-order valence-corrected chi connectivity index (χ0v) is 18.5. The zero-order valence-electron chi connectivity index (χ0n) is 18.5. The molecule has 0 saturated carbocycles. The van der Waals surface area contributed by atoms with Crippen LogP contribution in [0.1, 0.15) is 37.5 Å². The third kappa shape index (κ3) is 5.39. The maximum Gasteiger partial charge on any atom is 0.259 e. The molecular formula is C23H29N3O5. The van der Waals surface area contributed by atoms with E-state index in [1.807, 2.05) is 52.8 Å². The largest absolute Gasteiger partial charge is 0.490 e. The normalized spacial score (nSPS) is 12.3. The zero-order chi connectivity index (χ0) is 22.5. The van der Waals surface area contributed by atoms with Crippen molar-refractivity contribution in [3.63, 3.8) is 0 Å². The molecule has 0 aliphatic heterocycles. The van der Waals surface area contributed by atoms with Gasteiger partial charge in [0.2, 0.25) is 11.7 Å². The topological polar surface area (TPSA) is 111 Å². The molecule has 3 aromatic rings. The van der Waals surface area contributed by atoms with E-state index in [4.69, 9.17) is 19.1 Å². The van der Waals surface area contributed by atoms with E-state index in [0.29, 0.717) is 23.3 Å². The second-order valence-corrected chi connectivity index (χ2v) is 7.72. The van der Waals surface area contributed by atoms with Gasteiger partial charge in [-0.2, -0.15) is 4.98 Å². The Balaban J connectivity index is 1.87. The van der Waals surface area contributed by atoms with Crippen molar-refractivity contribution in [2.24, 2.45) is 0 Å². The lowest BCUT2D eigenvalue weighted by Crippen LogP contribution is -2.22. The van der Waals surface area contributed by atoms with E-state index >= 15 is 0 Å². The summed E-state index contributed by atoms with van der Waals surface area (Å²) in [4.78, 5) is 8.91. The van der Waals surface area contributed by atoms with E-state index in [1.54, 1.807) is 6.20 Å². The standard InChI is InChI=1S/C23H29N3O5/c1-6-16-9-17(7-14(4)20(16)29-12-19(28)11-27)21-25-23(31-26-21)18-8-15(5)22(24-10-18)30-13(2)3/h7-10,13,19,27-28H,6,11-12H2,1-5H3/t19-/m1/s1. The van der Waals surface area contributed by atoms with E-state index in [-0.39, 0.29) is 19.3 Å². The lowest BCUT2D eigenvalue weighted by molar-refractivity contribution is 0.0531. The highest BCUT2D eigenvalue weighted by Crippen LogP contribution is 2.31. The molecule has 0 aliphatic carbocycles. The van der Waals surface area contributed by atoms with Gasteiger partial charge in [0.05, 0.1) is 18.3 Å². The van der Waals surface area contributed by atoms with Crippen molar-refractivity contribution in [1.82, 2.24) is 15.1 Å². The van der Waals surface area contributed by atoms with Crippen LogP contribution in [0.5, 0.6) is 11.6 Å². The van der Waals surface area contributed by atoms with Gasteiger partial charge in [-0.3, -0.25) is 0 Å². The van der Waals surface area contributed by atoms with Gasteiger partial charge in [0.15, 0.2) is 0 Å². The molecule has 3 rings (SSSR count). The summed E-state index contributed by atoms with van der Waals surface area (Å²) in [5.41, 5.74) is 4.26. The minimum absolute atomic E-state index is 0.0267. The molecule has 0 saturated heterocycles. The Hall–Kier alpha value is -2.97. The second-order valence-electron chi connectivity index (χ2n) is 7.72. The van der Waals surface area contributed by atoms with Gasteiger partial charge in [-0.15, -0.1) is 0 Å². The van der Waals surface area contributed by atoms with Crippen molar-refractivity contribution in [2.45, 2.75) is 53.2 Å². The van der Waals surface area contributed by atoms with E-state index < -0.39 is 6.10 Å². The fraction of sp³-hybridized carbons (Fsp3) is 0.435. The molecule has 0 aliphatic rings. The number of nitrogens with zero attached hydrogens (tertiary/aromatic N) is 3. The fourth-order valence-corrected chi connectivity index (χ4v) is 3.16. The molecular weight excluding hydrogens is 398 g/mol. The number of rotatable bonds is 9. The summed E-state index contributed by atoms with van der Waals surface area (Å²) in [6.45, 7) is 9.46. The number of pyridine rings is 1. The molecule has 0 unspecified atom stereocenters. The van der Waals surface area contributed by atoms with E-state index in [2.05, 4.69) is 15.1 Å². The SMILES string of the molecule is CCc1cc(-c2noc(-c3cnc(OC(C)C)c(C)c3)n2)cc(C)c1OC[C@H](O)CO. The van der Waals surface area contributed by atoms with Crippen LogP contribution >= 0.6 is 0 Å². The monoisotopic (exact) mass is 427 g/mol. The van der Waals surface area contributed by atoms with Gasteiger partial charge in [0, 0.05) is 17.3 Å². The highest BCUT2D eigenvalue weighted by Gasteiger charge is 2.17. The molecule has 0 bridgehead atoms. The smallest absolute Gasteiger partial charge is 0.259 e. The predicted octanol–water partition coefficient (Wildman–Crippen LogP) is 3.50. The Kier molecular flexibility index (Phi) is 7.25. The van der Waals surface area contributed by atoms with Crippen molar-refractivity contribution in [2.75, 3.05) is 13.2 Å². The lowest BCUT2D eigenvalue weighted by atomic mass is 10.0. The first-order chi connectivity index (χ1) is 14.8. The van der Waals surface area contributed by atoms with Crippen LogP contribution in [0.2, 0.25) is 0 Å². The molecule has 1 aromatic carbocycles. The van der Waals surface area contributed by atoms with Gasteiger partial charge in [0.1, 0.15) is 18.5 Å². The Bertz CT molecular complexity index is 1030. The Morgan fingerprint density at radius 3 is 2.48 bits per heavy atom. The van der Waals surface area contributed by atoms with Crippen molar-refractivity contribution in [1.29, 1.82) is 0 Å². The summed E-state index contributed by atoms with van der Waals surface area (Å²) in [5, 5.41) is 22.7. The number of aryl methyl sites for hydroxylation is 3. The number of aliphatic hydroxyl groups is 2. The lowest BCUT2D eigenvalue weighted by Gasteiger charge is -2.16. The maximum absolute atomic E-state index is 9.58. The van der Waals surface area contributed by atoms with Gasteiger partial charge < -0.3 is 24.2 Å². The number of ether oxygens (including phenoxy) is 2. The molecule has 31 heavy (non-hydrogen) atoms. The van der Waals surface area contributed by atoms with Crippen LogP contribution < -0.4 is 9.47 Å². The minimum atomic E-state index is -0.919. The molecule has 1 atom stereocenters. The number of hydrogen-bond acceptors (Lipinski definition) is 8. The molecule has 0 amide bonds. The third-order valence-electron chi connectivity index (χ3n) is 4.67. The summed E-state index contributed by atoms with van der Waals surface area (Å²) in [6, 6.07) is 5.77. The number of benzene rings is 1. The van der Waals surface area contributed by atoms with Crippen LogP contribution in [0.4, 0.5) is 0 Å². The highest BCUT2D eigenvalue weighted by atomic mass is 16.5. The van der Waals surface area contributed by atoms with Gasteiger partial charge in [-0.1, -0.05) is 12.1 Å². The molecule has 2 heterocycles.